The van der Waals surface area contributed by atoms with Crippen LogP contribution in [0.25, 0.3) is 0 Å². The number of rotatable bonds is 4. The number of aliphatic hydroxyl groups excluding tert-OH is 1. The first-order valence-electron chi connectivity index (χ1n) is 6.52. The lowest BCUT2D eigenvalue weighted by Gasteiger charge is -2.29. The fraction of sp³-hybridized carbons (Fsp3) is 0.538. The predicted octanol–water partition coefficient (Wildman–Crippen LogP) is 0.691. The molecule has 7 heteroatoms. The van der Waals surface area contributed by atoms with E-state index in [0.29, 0.717) is 0 Å². The average Bonchev–Trinajstić information content (AvgIpc) is 2.41. The molecule has 2 N–H and O–H groups in total. The van der Waals surface area contributed by atoms with E-state index in [1.54, 1.807) is 0 Å². The lowest BCUT2D eigenvalue weighted by molar-refractivity contribution is 0.248. The largest absolute Gasteiger partial charge is 0.392 e. The molecule has 1 aliphatic heterocycles. The van der Waals surface area contributed by atoms with Crippen molar-refractivity contribution in [2.75, 3.05) is 20.1 Å². The van der Waals surface area contributed by atoms with Gasteiger partial charge in [-0.05, 0) is 51.2 Å². The van der Waals surface area contributed by atoms with Gasteiger partial charge in [0.1, 0.15) is 5.82 Å². The molecule has 0 saturated carbocycles. The lowest BCUT2D eigenvalue weighted by atomic mass is 10.1. The summed E-state index contributed by atoms with van der Waals surface area (Å²) in [4.78, 5) is 2.13. The minimum Gasteiger partial charge on any atom is -0.392 e. The molecule has 1 saturated heterocycles. The van der Waals surface area contributed by atoms with Crippen molar-refractivity contribution >= 4 is 10.0 Å². The molecule has 112 valence electrons. The number of hydrogen-bond acceptors (Lipinski definition) is 4. The van der Waals surface area contributed by atoms with E-state index in [9.17, 15) is 12.8 Å². The van der Waals surface area contributed by atoms with Crippen LogP contribution in [-0.2, 0) is 16.6 Å². The molecular formula is C13H19FN2O3S. The van der Waals surface area contributed by atoms with Crippen molar-refractivity contribution in [2.45, 2.75) is 30.4 Å². The number of halogens is 1. The predicted molar refractivity (Wildman–Crippen MR) is 73.2 cm³/mol. The van der Waals surface area contributed by atoms with Gasteiger partial charge in [0, 0.05) is 11.6 Å². The van der Waals surface area contributed by atoms with Crippen LogP contribution in [0.2, 0.25) is 0 Å². The summed E-state index contributed by atoms with van der Waals surface area (Å²) in [5.74, 6) is -0.606. The molecule has 0 radical (unpaired) electrons. The molecule has 20 heavy (non-hydrogen) atoms. The van der Waals surface area contributed by atoms with Gasteiger partial charge >= 0.3 is 0 Å². The summed E-state index contributed by atoms with van der Waals surface area (Å²) >= 11 is 0. The molecule has 0 spiro atoms. The van der Waals surface area contributed by atoms with Gasteiger partial charge in [0.2, 0.25) is 10.0 Å². The summed E-state index contributed by atoms with van der Waals surface area (Å²) in [6, 6.07) is 3.35. The Morgan fingerprint density at radius 1 is 1.40 bits per heavy atom. The van der Waals surface area contributed by atoms with Gasteiger partial charge < -0.3 is 10.0 Å². The second-order valence-corrected chi connectivity index (χ2v) is 6.82. The Balaban J connectivity index is 2.14. The molecule has 2 rings (SSSR count). The highest BCUT2D eigenvalue weighted by atomic mass is 32.2. The third-order valence-corrected chi connectivity index (χ3v) is 5.06. The van der Waals surface area contributed by atoms with Crippen LogP contribution in [-0.4, -0.2) is 44.6 Å². The summed E-state index contributed by atoms with van der Waals surface area (Å²) in [5, 5.41) is 9.00. The van der Waals surface area contributed by atoms with Crippen molar-refractivity contribution in [3.63, 3.8) is 0 Å². The van der Waals surface area contributed by atoms with Crippen molar-refractivity contribution in [1.82, 2.24) is 9.62 Å². The van der Waals surface area contributed by atoms with Gasteiger partial charge in [-0.2, -0.15) is 0 Å². The average molecular weight is 302 g/mol. The molecule has 1 aromatic carbocycles. The van der Waals surface area contributed by atoms with Crippen molar-refractivity contribution in [3.05, 3.63) is 29.6 Å². The van der Waals surface area contributed by atoms with E-state index in [0.717, 1.165) is 32.0 Å². The highest BCUT2D eigenvalue weighted by molar-refractivity contribution is 7.89. The monoisotopic (exact) mass is 302 g/mol. The maximum atomic E-state index is 13.3. The lowest BCUT2D eigenvalue weighted by Crippen LogP contribution is -2.43. The topological polar surface area (TPSA) is 69.6 Å². The summed E-state index contributed by atoms with van der Waals surface area (Å²) in [5.41, 5.74) is -0.0174. The van der Waals surface area contributed by atoms with Gasteiger partial charge in [-0.1, -0.05) is 0 Å². The summed E-state index contributed by atoms with van der Waals surface area (Å²) in [6.45, 7) is 1.17. The standard InChI is InChI=1S/C13H19FN2O3S/c1-16-6-4-11(5-7-16)15-20(18,19)12-2-3-13(14)10(8-12)9-17/h2-3,8,11,15,17H,4-7,9H2,1H3. The number of aliphatic hydroxyl groups is 1. The Hall–Kier alpha value is -1.02. The molecule has 0 bridgehead atoms. The number of piperidine rings is 1. The van der Waals surface area contributed by atoms with E-state index in [2.05, 4.69) is 9.62 Å². The van der Waals surface area contributed by atoms with E-state index in [4.69, 9.17) is 5.11 Å². The molecule has 0 amide bonds. The molecule has 1 aromatic rings. The highest BCUT2D eigenvalue weighted by Crippen LogP contribution is 2.17. The SMILES string of the molecule is CN1CCC(NS(=O)(=O)c2ccc(F)c(CO)c2)CC1. The van der Waals surface area contributed by atoms with Crippen LogP contribution in [0.3, 0.4) is 0 Å². The zero-order chi connectivity index (χ0) is 14.8. The van der Waals surface area contributed by atoms with E-state index >= 15 is 0 Å². The zero-order valence-electron chi connectivity index (χ0n) is 11.3. The third-order valence-electron chi connectivity index (χ3n) is 3.54. The molecule has 5 nitrogen and oxygen atoms in total. The van der Waals surface area contributed by atoms with Crippen molar-refractivity contribution < 1.29 is 17.9 Å². The number of likely N-dealkylation sites (tertiary alicyclic amines) is 1. The Morgan fingerprint density at radius 2 is 2.05 bits per heavy atom. The molecule has 0 atom stereocenters. The van der Waals surface area contributed by atoms with Crippen LogP contribution >= 0.6 is 0 Å². The first-order valence-corrected chi connectivity index (χ1v) is 8.01. The third kappa shape index (κ3) is 3.54. The molecular weight excluding hydrogens is 283 g/mol. The van der Waals surface area contributed by atoms with Gasteiger partial charge in [0.05, 0.1) is 11.5 Å². The van der Waals surface area contributed by atoms with E-state index in [-0.39, 0.29) is 16.5 Å². The maximum absolute atomic E-state index is 13.3. The summed E-state index contributed by atoms with van der Waals surface area (Å²) in [6.07, 6.45) is 1.51. The van der Waals surface area contributed by atoms with E-state index < -0.39 is 22.4 Å². The maximum Gasteiger partial charge on any atom is 0.240 e. The minimum atomic E-state index is -3.67. The summed E-state index contributed by atoms with van der Waals surface area (Å²) < 4.78 is 40.4. The number of benzene rings is 1. The van der Waals surface area contributed by atoms with Gasteiger partial charge in [-0.3, -0.25) is 0 Å². The van der Waals surface area contributed by atoms with Crippen molar-refractivity contribution in [2.24, 2.45) is 0 Å². The van der Waals surface area contributed by atoms with Crippen LogP contribution in [0.1, 0.15) is 18.4 Å². The Kier molecular flexibility index (Phi) is 4.74. The first kappa shape index (κ1) is 15.4. The number of nitrogens with zero attached hydrogens (tertiary/aromatic N) is 1. The second-order valence-electron chi connectivity index (χ2n) is 5.11. The first-order chi connectivity index (χ1) is 9.42. The molecule has 0 aromatic heterocycles. The Morgan fingerprint density at radius 3 is 2.65 bits per heavy atom. The number of nitrogens with one attached hydrogen (secondary N) is 1. The summed E-state index contributed by atoms with van der Waals surface area (Å²) in [7, 11) is -1.67. The van der Waals surface area contributed by atoms with Gasteiger partial charge in [-0.15, -0.1) is 0 Å². The molecule has 1 heterocycles. The van der Waals surface area contributed by atoms with Crippen LogP contribution in [0.15, 0.2) is 23.1 Å². The number of hydrogen-bond donors (Lipinski definition) is 2. The molecule has 1 fully saturated rings. The van der Waals surface area contributed by atoms with Gasteiger partial charge in [0.15, 0.2) is 0 Å². The van der Waals surface area contributed by atoms with Crippen LogP contribution in [0, 0.1) is 5.82 Å². The van der Waals surface area contributed by atoms with Crippen molar-refractivity contribution in [1.29, 1.82) is 0 Å². The Bertz CT molecular complexity index is 569. The van der Waals surface area contributed by atoms with Crippen LogP contribution in [0.5, 0.6) is 0 Å². The van der Waals surface area contributed by atoms with Crippen LogP contribution < -0.4 is 4.72 Å². The van der Waals surface area contributed by atoms with Crippen molar-refractivity contribution in [3.8, 4) is 0 Å². The highest BCUT2D eigenvalue weighted by Gasteiger charge is 2.23. The smallest absolute Gasteiger partial charge is 0.240 e. The van der Waals surface area contributed by atoms with Gasteiger partial charge in [0.25, 0.3) is 0 Å². The van der Waals surface area contributed by atoms with Crippen LogP contribution in [0.4, 0.5) is 4.39 Å². The number of sulfonamides is 1. The fourth-order valence-corrected chi connectivity index (χ4v) is 3.61. The molecule has 0 aliphatic carbocycles. The fourth-order valence-electron chi connectivity index (χ4n) is 2.25. The van der Waals surface area contributed by atoms with E-state index in [1.165, 1.54) is 12.1 Å². The zero-order valence-corrected chi connectivity index (χ0v) is 12.2. The quantitative estimate of drug-likeness (QED) is 0.858. The van der Waals surface area contributed by atoms with Gasteiger partial charge in [-0.25, -0.2) is 17.5 Å². The second kappa shape index (κ2) is 6.17. The van der Waals surface area contributed by atoms with E-state index in [1.807, 2.05) is 7.05 Å². The minimum absolute atomic E-state index is 0.0121. The normalized spacial score (nSPS) is 18.4. The molecule has 0 unspecified atom stereocenters. The molecule has 1 aliphatic rings. The Labute approximate surface area is 118 Å².